The Morgan fingerprint density at radius 1 is 1.45 bits per heavy atom. The third kappa shape index (κ3) is 2.67. The smallest absolute Gasteiger partial charge is 0.273 e. The maximum Gasteiger partial charge on any atom is 0.273 e. The quantitative estimate of drug-likeness (QED) is 0.661. The van der Waals surface area contributed by atoms with E-state index in [2.05, 4.69) is 5.32 Å². The predicted molar refractivity (Wildman–Crippen MR) is 74.1 cm³/mol. The summed E-state index contributed by atoms with van der Waals surface area (Å²) in [6.07, 6.45) is 0. The standard InChI is InChI=1S/C12H17N3O4S/c1-9-8-14(7-6-13-9)20(18,19)12-5-3-4-11(10(12)2)15(16)17/h3-5,9,13H,6-8H2,1-2H3/t9-/m0/s1. The van der Waals surface area contributed by atoms with Crippen LogP contribution in [0.1, 0.15) is 12.5 Å². The van der Waals surface area contributed by atoms with Crippen LogP contribution in [-0.2, 0) is 10.0 Å². The van der Waals surface area contributed by atoms with Gasteiger partial charge in [-0.05, 0) is 19.9 Å². The van der Waals surface area contributed by atoms with Crippen LogP contribution in [0.5, 0.6) is 0 Å². The molecule has 1 N–H and O–H groups in total. The van der Waals surface area contributed by atoms with E-state index in [1.54, 1.807) is 0 Å². The highest BCUT2D eigenvalue weighted by atomic mass is 32.2. The summed E-state index contributed by atoms with van der Waals surface area (Å²) >= 11 is 0. The second-order valence-corrected chi connectivity index (χ2v) is 6.78. The van der Waals surface area contributed by atoms with Crippen LogP contribution in [0.3, 0.4) is 0 Å². The molecule has 0 bridgehead atoms. The normalized spacial score (nSPS) is 20.8. The lowest BCUT2D eigenvalue weighted by Crippen LogP contribution is -2.51. The van der Waals surface area contributed by atoms with E-state index in [-0.39, 0.29) is 22.2 Å². The third-order valence-electron chi connectivity index (χ3n) is 3.40. The Kier molecular flexibility index (Phi) is 4.07. The highest BCUT2D eigenvalue weighted by Gasteiger charge is 2.31. The van der Waals surface area contributed by atoms with Crippen molar-refractivity contribution in [3.05, 3.63) is 33.9 Å². The number of nitrogens with zero attached hydrogens (tertiary/aromatic N) is 2. The molecule has 1 aromatic carbocycles. The van der Waals surface area contributed by atoms with Gasteiger partial charge in [0.25, 0.3) is 5.69 Å². The first-order valence-corrected chi connectivity index (χ1v) is 7.75. The lowest BCUT2D eigenvalue weighted by molar-refractivity contribution is -0.385. The SMILES string of the molecule is Cc1c([N+](=O)[O-])cccc1S(=O)(=O)N1CCN[C@@H](C)C1. The van der Waals surface area contributed by atoms with Crippen LogP contribution in [0.4, 0.5) is 5.69 Å². The van der Waals surface area contributed by atoms with Crippen LogP contribution in [0.25, 0.3) is 0 Å². The molecule has 0 amide bonds. The summed E-state index contributed by atoms with van der Waals surface area (Å²) in [5.41, 5.74) is 0.0120. The van der Waals surface area contributed by atoms with Gasteiger partial charge in [0, 0.05) is 37.3 Å². The molecular weight excluding hydrogens is 282 g/mol. The van der Waals surface area contributed by atoms with Crippen molar-refractivity contribution in [3.63, 3.8) is 0 Å². The minimum atomic E-state index is -3.69. The van der Waals surface area contributed by atoms with Gasteiger partial charge in [-0.15, -0.1) is 0 Å². The molecule has 0 radical (unpaired) electrons. The van der Waals surface area contributed by atoms with Gasteiger partial charge < -0.3 is 5.32 Å². The summed E-state index contributed by atoms with van der Waals surface area (Å²) in [6, 6.07) is 4.21. The molecular formula is C12H17N3O4S. The topological polar surface area (TPSA) is 92.5 Å². The molecule has 1 saturated heterocycles. The number of nitro groups is 1. The van der Waals surface area contributed by atoms with Gasteiger partial charge in [-0.1, -0.05) is 6.07 Å². The Morgan fingerprint density at radius 2 is 2.15 bits per heavy atom. The van der Waals surface area contributed by atoms with Crippen molar-refractivity contribution < 1.29 is 13.3 Å². The molecule has 1 atom stereocenters. The molecule has 20 heavy (non-hydrogen) atoms. The molecule has 0 aliphatic carbocycles. The second kappa shape index (κ2) is 5.47. The molecule has 8 heteroatoms. The first kappa shape index (κ1) is 14.9. The predicted octanol–water partition coefficient (Wildman–Crippen LogP) is 0.886. The van der Waals surface area contributed by atoms with Gasteiger partial charge in [0.15, 0.2) is 0 Å². The largest absolute Gasteiger partial charge is 0.312 e. The van der Waals surface area contributed by atoms with Crippen LogP contribution in [0.2, 0.25) is 0 Å². The van der Waals surface area contributed by atoms with Gasteiger partial charge in [-0.25, -0.2) is 8.42 Å². The molecule has 1 heterocycles. The molecule has 0 saturated carbocycles. The van der Waals surface area contributed by atoms with Crippen molar-refractivity contribution in [1.29, 1.82) is 0 Å². The first-order valence-electron chi connectivity index (χ1n) is 6.31. The summed E-state index contributed by atoms with van der Waals surface area (Å²) in [5.74, 6) is 0. The summed E-state index contributed by atoms with van der Waals surface area (Å²) < 4.78 is 26.6. The van der Waals surface area contributed by atoms with E-state index >= 15 is 0 Å². The van der Waals surface area contributed by atoms with Crippen molar-refractivity contribution >= 4 is 15.7 Å². The Bertz CT molecular complexity index is 630. The Labute approximate surface area is 117 Å². The fourth-order valence-electron chi connectivity index (χ4n) is 2.33. The lowest BCUT2D eigenvalue weighted by atomic mass is 10.2. The first-order chi connectivity index (χ1) is 9.34. The van der Waals surface area contributed by atoms with Crippen LogP contribution >= 0.6 is 0 Å². The average Bonchev–Trinajstić information content (AvgIpc) is 2.38. The number of hydrogen-bond donors (Lipinski definition) is 1. The summed E-state index contributed by atoms with van der Waals surface area (Å²) in [7, 11) is -3.69. The summed E-state index contributed by atoms with van der Waals surface area (Å²) in [4.78, 5) is 10.4. The summed E-state index contributed by atoms with van der Waals surface area (Å²) in [6.45, 7) is 4.69. The van der Waals surface area contributed by atoms with Gasteiger partial charge in [0.05, 0.1) is 9.82 Å². The van der Waals surface area contributed by atoms with Crippen LogP contribution in [-0.4, -0.2) is 43.3 Å². The van der Waals surface area contributed by atoms with E-state index in [1.807, 2.05) is 6.92 Å². The van der Waals surface area contributed by atoms with Crippen molar-refractivity contribution in [3.8, 4) is 0 Å². The van der Waals surface area contributed by atoms with Gasteiger partial charge in [0.1, 0.15) is 0 Å². The van der Waals surface area contributed by atoms with Gasteiger partial charge in [-0.2, -0.15) is 4.31 Å². The Morgan fingerprint density at radius 3 is 2.75 bits per heavy atom. The highest BCUT2D eigenvalue weighted by Crippen LogP contribution is 2.27. The zero-order chi connectivity index (χ0) is 14.9. The molecule has 1 aliphatic heterocycles. The van der Waals surface area contributed by atoms with E-state index in [0.29, 0.717) is 19.6 Å². The Balaban J connectivity index is 2.44. The molecule has 2 rings (SSSR count). The van der Waals surface area contributed by atoms with Crippen LogP contribution in [0.15, 0.2) is 23.1 Å². The van der Waals surface area contributed by atoms with E-state index in [9.17, 15) is 18.5 Å². The number of nitrogens with one attached hydrogen (secondary N) is 1. The number of benzene rings is 1. The fraction of sp³-hybridized carbons (Fsp3) is 0.500. The molecule has 0 unspecified atom stereocenters. The fourth-order valence-corrected chi connectivity index (χ4v) is 4.11. The van der Waals surface area contributed by atoms with Crippen LogP contribution in [0, 0.1) is 17.0 Å². The van der Waals surface area contributed by atoms with Crippen molar-refractivity contribution in [1.82, 2.24) is 9.62 Å². The molecule has 1 aromatic rings. The van der Waals surface area contributed by atoms with E-state index < -0.39 is 14.9 Å². The van der Waals surface area contributed by atoms with Gasteiger partial charge in [0.2, 0.25) is 10.0 Å². The van der Waals surface area contributed by atoms with Gasteiger partial charge in [-0.3, -0.25) is 10.1 Å². The number of rotatable bonds is 3. The van der Waals surface area contributed by atoms with E-state index in [1.165, 1.54) is 29.4 Å². The molecule has 110 valence electrons. The number of sulfonamides is 1. The molecule has 1 fully saturated rings. The number of hydrogen-bond acceptors (Lipinski definition) is 5. The Hall–Kier alpha value is -1.51. The van der Waals surface area contributed by atoms with Crippen LogP contribution < -0.4 is 5.32 Å². The monoisotopic (exact) mass is 299 g/mol. The maximum atomic E-state index is 12.6. The minimum Gasteiger partial charge on any atom is -0.312 e. The maximum absolute atomic E-state index is 12.6. The zero-order valence-electron chi connectivity index (χ0n) is 11.4. The third-order valence-corrected chi connectivity index (χ3v) is 5.41. The van der Waals surface area contributed by atoms with E-state index in [0.717, 1.165) is 0 Å². The van der Waals surface area contributed by atoms with Crippen molar-refractivity contribution in [2.24, 2.45) is 0 Å². The molecule has 1 aliphatic rings. The lowest BCUT2D eigenvalue weighted by Gasteiger charge is -2.31. The minimum absolute atomic E-state index is 0.0146. The van der Waals surface area contributed by atoms with Crippen molar-refractivity contribution in [2.45, 2.75) is 24.8 Å². The van der Waals surface area contributed by atoms with Gasteiger partial charge >= 0.3 is 0 Å². The van der Waals surface area contributed by atoms with E-state index in [4.69, 9.17) is 0 Å². The highest BCUT2D eigenvalue weighted by molar-refractivity contribution is 7.89. The molecule has 0 aromatic heterocycles. The number of nitro benzene ring substituents is 1. The second-order valence-electron chi connectivity index (χ2n) is 4.88. The average molecular weight is 299 g/mol. The number of piperazine rings is 1. The summed E-state index contributed by atoms with van der Waals surface area (Å²) in [5, 5.41) is 14.1. The van der Waals surface area contributed by atoms with Crippen molar-refractivity contribution in [2.75, 3.05) is 19.6 Å². The molecule has 7 nitrogen and oxygen atoms in total. The zero-order valence-corrected chi connectivity index (χ0v) is 12.2. The molecule has 0 spiro atoms.